The van der Waals surface area contributed by atoms with Gasteiger partial charge in [0, 0.05) is 44.4 Å². The van der Waals surface area contributed by atoms with E-state index in [9.17, 15) is 0 Å². The van der Waals surface area contributed by atoms with Crippen LogP contribution in [0.2, 0.25) is 0 Å². The minimum Gasteiger partial charge on any atom is -0.354 e. The maximum Gasteiger partial charge on any atom is 0.146 e. The van der Waals surface area contributed by atoms with E-state index >= 15 is 0 Å². The lowest BCUT2D eigenvalue weighted by molar-refractivity contribution is 1.06. The van der Waals surface area contributed by atoms with Crippen molar-refractivity contribution >= 4 is 54.5 Å². The highest BCUT2D eigenvalue weighted by atomic mass is 15.1. The van der Waals surface area contributed by atoms with Gasteiger partial charge in [0.05, 0.1) is 16.7 Å². The van der Waals surface area contributed by atoms with Crippen LogP contribution >= 0.6 is 0 Å². The fourth-order valence-corrected chi connectivity index (χ4v) is 7.32. The molecule has 0 saturated heterocycles. The van der Waals surface area contributed by atoms with Crippen molar-refractivity contribution in [3.63, 3.8) is 0 Å². The quantitative estimate of drug-likeness (QED) is 0.215. The zero-order valence-corrected chi connectivity index (χ0v) is 25.9. The molecule has 4 heterocycles. The summed E-state index contributed by atoms with van der Waals surface area (Å²) >= 11 is 0. The number of fused-ring (bicyclic) bond motifs is 7. The van der Waals surface area contributed by atoms with Crippen LogP contribution in [-0.2, 0) is 0 Å². The van der Waals surface area contributed by atoms with Crippen LogP contribution in [0.1, 0.15) is 0 Å². The first-order valence-corrected chi connectivity index (χ1v) is 16.2. The van der Waals surface area contributed by atoms with Crippen LogP contribution in [0.5, 0.6) is 0 Å². The molecular formula is C44H28N4. The molecule has 48 heavy (non-hydrogen) atoms. The number of rotatable bonds is 4. The molecule has 0 aliphatic rings. The molecule has 0 unspecified atom stereocenters. The van der Waals surface area contributed by atoms with E-state index < -0.39 is 0 Å². The number of hydrogen-bond acceptors (Lipinski definition) is 2. The molecule has 4 nitrogen and oxygen atoms in total. The first-order valence-electron chi connectivity index (χ1n) is 16.2. The molecule has 224 valence electrons. The number of H-pyrrole nitrogens is 1. The molecule has 0 amide bonds. The Balaban J connectivity index is 1.21. The monoisotopic (exact) mass is 612 g/mol. The van der Waals surface area contributed by atoms with Crippen LogP contribution < -0.4 is 0 Å². The Morgan fingerprint density at radius 1 is 0.479 bits per heavy atom. The van der Waals surface area contributed by atoms with E-state index in [2.05, 4.69) is 161 Å². The Kier molecular flexibility index (Phi) is 5.84. The molecule has 10 rings (SSSR count). The molecule has 0 aliphatic heterocycles. The molecule has 0 saturated carbocycles. The van der Waals surface area contributed by atoms with Gasteiger partial charge >= 0.3 is 0 Å². The number of para-hydroxylation sites is 3. The Hall–Kier alpha value is -6.52. The third-order valence-electron chi connectivity index (χ3n) is 9.56. The molecule has 4 aromatic heterocycles. The standard InChI is InChI=1S/C44H28N4/c1-2-11-29-24-30(22-21-28(29)10-1)31-25-32(34-14-7-15-37-35-12-3-5-17-40(35)47-43(34)37)27-33(26-31)39-18-8-20-42(46-39)48-41-19-6-4-13-36(41)38-16-9-23-45-44(38)48/h1-27,47H. The van der Waals surface area contributed by atoms with E-state index in [0.717, 1.165) is 61.3 Å². The number of aromatic nitrogens is 4. The van der Waals surface area contributed by atoms with Crippen molar-refractivity contribution in [1.29, 1.82) is 0 Å². The molecule has 0 spiro atoms. The highest BCUT2D eigenvalue weighted by Crippen LogP contribution is 2.38. The number of benzene rings is 6. The summed E-state index contributed by atoms with van der Waals surface area (Å²) in [7, 11) is 0. The van der Waals surface area contributed by atoms with Gasteiger partial charge in [0.2, 0.25) is 0 Å². The maximum absolute atomic E-state index is 5.32. The van der Waals surface area contributed by atoms with Crippen molar-refractivity contribution < 1.29 is 0 Å². The van der Waals surface area contributed by atoms with E-state index in [1.165, 1.54) is 32.5 Å². The number of hydrogen-bond donors (Lipinski definition) is 1. The van der Waals surface area contributed by atoms with Crippen LogP contribution in [0, 0.1) is 0 Å². The Labute approximate surface area is 276 Å². The lowest BCUT2D eigenvalue weighted by Gasteiger charge is -2.13. The van der Waals surface area contributed by atoms with E-state index in [1.807, 2.05) is 12.3 Å². The summed E-state index contributed by atoms with van der Waals surface area (Å²) in [6.45, 7) is 0. The number of nitrogens with one attached hydrogen (secondary N) is 1. The van der Waals surface area contributed by atoms with Crippen molar-refractivity contribution in [2.75, 3.05) is 0 Å². The van der Waals surface area contributed by atoms with Gasteiger partial charge in [-0.25, -0.2) is 9.97 Å². The molecule has 0 aliphatic carbocycles. The van der Waals surface area contributed by atoms with E-state index in [1.54, 1.807) is 0 Å². The van der Waals surface area contributed by atoms with Gasteiger partial charge in [-0.15, -0.1) is 0 Å². The second-order valence-corrected chi connectivity index (χ2v) is 12.4. The average molecular weight is 613 g/mol. The average Bonchev–Trinajstić information content (AvgIpc) is 3.71. The predicted octanol–water partition coefficient (Wildman–Crippen LogP) is 11.4. The van der Waals surface area contributed by atoms with Gasteiger partial charge < -0.3 is 4.98 Å². The van der Waals surface area contributed by atoms with Gasteiger partial charge in [-0.3, -0.25) is 4.57 Å². The van der Waals surface area contributed by atoms with Crippen LogP contribution in [0.4, 0.5) is 0 Å². The highest BCUT2D eigenvalue weighted by molar-refractivity contribution is 6.12. The summed E-state index contributed by atoms with van der Waals surface area (Å²) in [5.41, 5.74) is 10.8. The number of pyridine rings is 2. The van der Waals surface area contributed by atoms with Crippen molar-refractivity contribution in [1.82, 2.24) is 19.5 Å². The minimum atomic E-state index is 0.841. The van der Waals surface area contributed by atoms with Gasteiger partial charge in [0.25, 0.3) is 0 Å². The minimum absolute atomic E-state index is 0.841. The molecule has 0 fully saturated rings. The summed E-state index contributed by atoms with van der Waals surface area (Å²) in [6, 6.07) is 56.1. The summed E-state index contributed by atoms with van der Waals surface area (Å²) in [5.74, 6) is 0.841. The largest absolute Gasteiger partial charge is 0.354 e. The van der Waals surface area contributed by atoms with Crippen LogP contribution in [0.15, 0.2) is 164 Å². The summed E-state index contributed by atoms with van der Waals surface area (Å²) in [6.07, 6.45) is 1.85. The normalized spacial score (nSPS) is 11.8. The fourth-order valence-electron chi connectivity index (χ4n) is 7.32. The molecule has 0 atom stereocenters. The molecule has 0 radical (unpaired) electrons. The third-order valence-corrected chi connectivity index (χ3v) is 9.56. The topological polar surface area (TPSA) is 46.5 Å². The Morgan fingerprint density at radius 2 is 1.23 bits per heavy atom. The van der Waals surface area contributed by atoms with Crippen molar-refractivity contribution in [3.8, 4) is 39.3 Å². The lowest BCUT2D eigenvalue weighted by atomic mass is 9.93. The molecule has 10 aromatic rings. The second-order valence-electron chi connectivity index (χ2n) is 12.4. The zero-order chi connectivity index (χ0) is 31.6. The lowest BCUT2D eigenvalue weighted by Crippen LogP contribution is -1.99. The Morgan fingerprint density at radius 3 is 2.19 bits per heavy atom. The van der Waals surface area contributed by atoms with Crippen LogP contribution in [0.3, 0.4) is 0 Å². The molecule has 0 bridgehead atoms. The zero-order valence-electron chi connectivity index (χ0n) is 25.9. The van der Waals surface area contributed by atoms with E-state index in [-0.39, 0.29) is 0 Å². The van der Waals surface area contributed by atoms with Crippen molar-refractivity contribution in [3.05, 3.63) is 164 Å². The van der Waals surface area contributed by atoms with Crippen LogP contribution in [0.25, 0.3) is 93.8 Å². The van der Waals surface area contributed by atoms with Gasteiger partial charge in [0.15, 0.2) is 0 Å². The van der Waals surface area contributed by atoms with Gasteiger partial charge in [-0.1, -0.05) is 97.1 Å². The van der Waals surface area contributed by atoms with Gasteiger partial charge in [-0.2, -0.15) is 0 Å². The number of aromatic amines is 1. The van der Waals surface area contributed by atoms with Gasteiger partial charge in [0.1, 0.15) is 11.5 Å². The summed E-state index contributed by atoms with van der Waals surface area (Å²) in [4.78, 5) is 13.8. The van der Waals surface area contributed by atoms with Crippen molar-refractivity contribution in [2.45, 2.75) is 0 Å². The van der Waals surface area contributed by atoms with Crippen LogP contribution in [-0.4, -0.2) is 19.5 Å². The van der Waals surface area contributed by atoms with E-state index in [0.29, 0.717) is 0 Å². The first kappa shape index (κ1) is 26.7. The smallest absolute Gasteiger partial charge is 0.146 e. The van der Waals surface area contributed by atoms with E-state index in [4.69, 9.17) is 9.97 Å². The molecule has 6 aromatic carbocycles. The third kappa shape index (κ3) is 4.16. The Bertz CT molecular complexity index is 2800. The van der Waals surface area contributed by atoms with Crippen molar-refractivity contribution in [2.24, 2.45) is 0 Å². The second kappa shape index (κ2) is 10.5. The molecule has 4 heteroatoms. The maximum atomic E-state index is 5.32. The number of nitrogens with zero attached hydrogens (tertiary/aromatic N) is 3. The van der Waals surface area contributed by atoms with Gasteiger partial charge in [-0.05, 0) is 88.1 Å². The SMILES string of the molecule is c1cc(-c2cc(-c3ccc4ccccc4c3)cc(-c3cccc4c3[nH]c3ccccc34)c2)nc(-n2c3ccccc3c3cccnc32)c1. The first-order chi connectivity index (χ1) is 23.8. The molecular weight excluding hydrogens is 585 g/mol. The molecule has 1 N–H and O–H groups in total. The predicted molar refractivity (Wildman–Crippen MR) is 200 cm³/mol. The fraction of sp³-hybridized carbons (Fsp3) is 0. The highest BCUT2D eigenvalue weighted by Gasteiger charge is 2.16. The summed E-state index contributed by atoms with van der Waals surface area (Å²) in [5, 5.41) is 7.19. The summed E-state index contributed by atoms with van der Waals surface area (Å²) < 4.78 is 2.17.